The summed E-state index contributed by atoms with van der Waals surface area (Å²) in [5, 5.41) is 13.4. The third-order valence-corrected chi connectivity index (χ3v) is 5.28. The van der Waals surface area contributed by atoms with Gasteiger partial charge in [-0.1, -0.05) is 23.7 Å². The van der Waals surface area contributed by atoms with Crippen molar-refractivity contribution in [2.24, 2.45) is 0 Å². The van der Waals surface area contributed by atoms with E-state index in [1.807, 2.05) is 36.4 Å². The Morgan fingerprint density at radius 2 is 1.55 bits per heavy atom. The van der Waals surface area contributed by atoms with Crippen molar-refractivity contribution in [3.8, 4) is 11.5 Å². The van der Waals surface area contributed by atoms with E-state index >= 15 is 0 Å². The molecule has 0 bridgehead atoms. The van der Waals surface area contributed by atoms with E-state index in [0.717, 1.165) is 41.4 Å². The van der Waals surface area contributed by atoms with Crippen LogP contribution in [0.5, 0.6) is 11.5 Å². The number of halogens is 1. The van der Waals surface area contributed by atoms with E-state index in [4.69, 9.17) is 21.4 Å². The van der Waals surface area contributed by atoms with Crippen molar-refractivity contribution in [2.45, 2.75) is 6.54 Å². The number of carboxylic acid groups (broad SMARTS) is 1. The van der Waals surface area contributed by atoms with Gasteiger partial charge in [-0.3, -0.25) is 4.90 Å². The number of ether oxygens (including phenoxy) is 1. The lowest BCUT2D eigenvalue weighted by Crippen LogP contribution is -2.49. The number of benzene rings is 2. The molecule has 1 fully saturated rings. The van der Waals surface area contributed by atoms with Gasteiger partial charge in [-0.2, -0.15) is 9.78 Å². The molecule has 160 valence electrons. The van der Waals surface area contributed by atoms with Gasteiger partial charge in [-0.15, -0.1) is 0 Å². The number of aromatic nitrogens is 2. The predicted octanol–water partition coefficient (Wildman–Crippen LogP) is 3.81. The van der Waals surface area contributed by atoms with Gasteiger partial charge in [-0.25, -0.2) is 9.59 Å². The molecule has 2 aromatic carbocycles. The Bertz CT molecular complexity index is 1060. The number of carboxylic acids is 1. The van der Waals surface area contributed by atoms with E-state index in [0.29, 0.717) is 18.1 Å². The maximum atomic E-state index is 12.5. The van der Waals surface area contributed by atoms with Crippen LogP contribution in [0, 0.1) is 0 Å². The van der Waals surface area contributed by atoms with E-state index in [9.17, 15) is 9.59 Å². The third kappa shape index (κ3) is 5.22. The Labute approximate surface area is 184 Å². The summed E-state index contributed by atoms with van der Waals surface area (Å²) in [6.07, 6.45) is 1.38. The molecule has 1 amide bonds. The van der Waals surface area contributed by atoms with Crippen molar-refractivity contribution in [1.82, 2.24) is 19.6 Å². The highest BCUT2D eigenvalue weighted by Gasteiger charge is 2.23. The summed E-state index contributed by atoms with van der Waals surface area (Å²) in [4.78, 5) is 27.4. The zero-order chi connectivity index (χ0) is 21.8. The molecule has 0 radical (unpaired) electrons. The van der Waals surface area contributed by atoms with Crippen molar-refractivity contribution in [1.29, 1.82) is 0 Å². The van der Waals surface area contributed by atoms with E-state index in [1.54, 1.807) is 17.0 Å². The number of hydrogen-bond acceptors (Lipinski definition) is 5. The number of amides is 1. The maximum Gasteiger partial charge on any atom is 0.356 e. The Morgan fingerprint density at radius 3 is 2.13 bits per heavy atom. The fraction of sp³-hybridized carbons (Fsp3) is 0.227. The summed E-state index contributed by atoms with van der Waals surface area (Å²) in [5.74, 6) is 0.327. The normalized spacial score (nSPS) is 14.4. The van der Waals surface area contributed by atoms with Crippen LogP contribution in [-0.4, -0.2) is 62.9 Å². The van der Waals surface area contributed by atoms with Crippen molar-refractivity contribution in [2.75, 3.05) is 26.2 Å². The smallest absolute Gasteiger partial charge is 0.356 e. The molecule has 4 rings (SSSR count). The van der Waals surface area contributed by atoms with Crippen LogP contribution in [-0.2, 0) is 6.54 Å². The summed E-state index contributed by atoms with van der Waals surface area (Å²) >= 11 is 5.89. The summed E-state index contributed by atoms with van der Waals surface area (Å²) in [6.45, 7) is 3.33. The largest absolute Gasteiger partial charge is 0.476 e. The molecule has 0 spiro atoms. The lowest BCUT2D eigenvalue weighted by molar-refractivity contribution is 0.0689. The second-order valence-corrected chi connectivity index (χ2v) is 7.63. The Morgan fingerprint density at radius 1 is 0.935 bits per heavy atom. The zero-order valence-corrected chi connectivity index (χ0v) is 17.4. The van der Waals surface area contributed by atoms with Crippen LogP contribution in [0.4, 0.5) is 4.79 Å². The summed E-state index contributed by atoms with van der Waals surface area (Å²) in [5.41, 5.74) is 1.01. The topological polar surface area (TPSA) is 87.9 Å². The molecule has 2 heterocycles. The van der Waals surface area contributed by atoms with Gasteiger partial charge in [0, 0.05) is 43.9 Å². The fourth-order valence-corrected chi connectivity index (χ4v) is 3.47. The molecule has 8 nitrogen and oxygen atoms in total. The number of aromatic carboxylic acids is 1. The van der Waals surface area contributed by atoms with Crippen LogP contribution < -0.4 is 4.74 Å². The molecule has 3 aromatic rings. The van der Waals surface area contributed by atoms with Crippen LogP contribution >= 0.6 is 11.6 Å². The molecule has 0 saturated carbocycles. The van der Waals surface area contributed by atoms with Crippen LogP contribution in [0.25, 0.3) is 0 Å². The van der Waals surface area contributed by atoms with Crippen molar-refractivity contribution in [3.63, 3.8) is 0 Å². The lowest BCUT2D eigenvalue weighted by Gasteiger charge is -2.34. The molecule has 0 unspecified atom stereocenters. The highest BCUT2D eigenvalue weighted by molar-refractivity contribution is 6.30. The van der Waals surface area contributed by atoms with Crippen LogP contribution in [0.2, 0.25) is 5.02 Å². The number of carbonyl (C=O) groups is 2. The molecule has 1 aliphatic heterocycles. The lowest BCUT2D eigenvalue weighted by atomic mass is 10.2. The van der Waals surface area contributed by atoms with Gasteiger partial charge in [0.2, 0.25) is 0 Å². The molecule has 31 heavy (non-hydrogen) atoms. The molecule has 1 saturated heterocycles. The molecular formula is C22H21ClN4O4. The molecule has 0 atom stereocenters. The molecule has 0 aliphatic carbocycles. The second-order valence-electron chi connectivity index (χ2n) is 7.20. The van der Waals surface area contributed by atoms with Crippen LogP contribution in [0.3, 0.4) is 0 Å². The minimum absolute atomic E-state index is 0.143. The van der Waals surface area contributed by atoms with Gasteiger partial charge in [0.15, 0.2) is 5.69 Å². The van der Waals surface area contributed by atoms with Gasteiger partial charge in [0.05, 0.1) is 0 Å². The van der Waals surface area contributed by atoms with E-state index in [2.05, 4.69) is 10.00 Å². The quantitative estimate of drug-likeness (QED) is 0.649. The first-order chi connectivity index (χ1) is 15.0. The average molecular weight is 441 g/mol. The highest BCUT2D eigenvalue weighted by atomic mass is 35.5. The Hall–Kier alpha value is -3.36. The number of piperazine rings is 1. The monoisotopic (exact) mass is 440 g/mol. The van der Waals surface area contributed by atoms with Crippen LogP contribution in [0.15, 0.2) is 60.8 Å². The van der Waals surface area contributed by atoms with Crippen molar-refractivity contribution < 1.29 is 19.4 Å². The number of carbonyl (C=O) groups excluding carboxylic acids is 1. The van der Waals surface area contributed by atoms with Gasteiger partial charge in [0.25, 0.3) is 0 Å². The summed E-state index contributed by atoms with van der Waals surface area (Å²) in [7, 11) is 0. The highest BCUT2D eigenvalue weighted by Crippen LogP contribution is 2.23. The third-order valence-electron chi connectivity index (χ3n) is 5.03. The molecule has 1 N–H and O–H groups in total. The first-order valence-corrected chi connectivity index (χ1v) is 10.2. The molecular weight excluding hydrogens is 420 g/mol. The zero-order valence-electron chi connectivity index (χ0n) is 16.6. The van der Waals surface area contributed by atoms with Gasteiger partial charge >= 0.3 is 12.0 Å². The predicted molar refractivity (Wildman–Crippen MR) is 115 cm³/mol. The molecule has 1 aliphatic rings. The standard InChI is InChI=1S/C22H21ClN4O4/c23-17-3-7-19(8-4-17)31-18-5-1-16(2-6-18)15-25-11-13-26(14-12-25)22(30)27-10-9-20(24-27)21(28)29/h1-10H,11-15H2,(H,28,29). The SMILES string of the molecule is O=C(O)c1ccn(C(=O)N2CCN(Cc3ccc(Oc4ccc(Cl)cc4)cc3)CC2)n1. The number of hydrogen-bond donors (Lipinski definition) is 1. The van der Waals surface area contributed by atoms with E-state index < -0.39 is 5.97 Å². The second kappa shape index (κ2) is 9.20. The van der Waals surface area contributed by atoms with Crippen LogP contribution in [0.1, 0.15) is 16.1 Å². The van der Waals surface area contributed by atoms with Gasteiger partial charge in [-0.05, 0) is 48.0 Å². The average Bonchev–Trinajstić information content (AvgIpc) is 3.28. The minimum atomic E-state index is -1.15. The number of nitrogens with zero attached hydrogens (tertiary/aromatic N) is 4. The van der Waals surface area contributed by atoms with Gasteiger partial charge in [0.1, 0.15) is 11.5 Å². The Balaban J connectivity index is 1.28. The fourth-order valence-electron chi connectivity index (χ4n) is 3.35. The minimum Gasteiger partial charge on any atom is -0.476 e. The summed E-state index contributed by atoms with van der Waals surface area (Å²) < 4.78 is 6.90. The Kier molecular flexibility index (Phi) is 6.20. The van der Waals surface area contributed by atoms with Crippen molar-refractivity contribution >= 4 is 23.6 Å². The maximum absolute atomic E-state index is 12.5. The first kappa shape index (κ1) is 20.9. The van der Waals surface area contributed by atoms with Gasteiger partial charge < -0.3 is 14.7 Å². The van der Waals surface area contributed by atoms with E-state index in [-0.39, 0.29) is 11.7 Å². The molecule has 9 heteroatoms. The van der Waals surface area contributed by atoms with Crippen molar-refractivity contribution in [3.05, 3.63) is 77.1 Å². The number of rotatable bonds is 5. The molecule has 1 aromatic heterocycles. The first-order valence-electron chi connectivity index (χ1n) is 9.81. The summed E-state index contributed by atoms with van der Waals surface area (Å²) in [6, 6.07) is 16.1. The van der Waals surface area contributed by atoms with E-state index in [1.165, 1.54) is 12.3 Å².